The Labute approximate surface area is 72.9 Å². The van der Waals surface area contributed by atoms with Crippen molar-refractivity contribution in [2.75, 3.05) is 0 Å². The smallest absolute Gasteiger partial charge is 0.142 e. The number of hydrogen-bond acceptors (Lipinski definition) is 2. The van der Waals surface area contributed by atoms with E-state index < -0.39 is 0 Å². The zero-order valence-corrected chi connectivity index (χ0v) is 8.12. The first-order valence-electron chi connectivity index (χ1n) is 4.36. The molecule has 11 heavy (non-hydrogen) atoms. The van der Waals surface area contributed by atoms with Crippen molar-refractivity contribution >= 4 is 17.5 Å². The largest absolute Gasteiger partial charge is 0.299 e. The number of carbonyl (C=O) groups excluding carboxylic acids is 1. The van der Waals surface area contributed by atoms with Gasteiger partial charge >= 0.3 is 0 Å². The Morgan fingerprint density at radius 2 is 2.00 bits per heavy atom. The van der Waals surface area contributed by atoms with Crippen LogP contribution < -0.4 is 0 Å². The molecule has 0 amide bonds. The molecular formula is C9H16OS. The van der Waals surface area contributed by atoms with Crippen molar-refractivity contribution in [1.82, 2.24) is 0 Å². The van der Waals surface area contributed by atoms with Crippen LogP contribution in [0, 0.1) is 0 Å². The van der Waals surface area contributed by atoms with E-state index in [9.17, 15) is 4.79 Å². The van der Waals surface area contributed by atoms with Gasteiger partial charge < -0.3 is 0 Å². The Bertz CT molecular complexity index is 138. The molecule has 1 aliphatic carbocycles. The van der Waals surface area contributed by atoms with E-state index in [1.807, 2.05) is 18.7 Å². The van der Waals surface area contributed by atoms with Gasteiger partial charge in [-0.1, -0.05) is 12.8 Å². The van der Waals surface area contributed by atoms with Gasteiger partial charge in [0, 0.05) is 5.25 Å². The van der Waals surface area contributed by atoms with Crippen LogP contribution in [0.2, 0.25) is 0 Å². The minimum atomic E-state index is 0.220. The molecule has 2 heteroatoms. The molecule has 1 fully saturated rings. The lowest BCUT2D eigenvalue weighted by Gasteiger charge is -2.12. The van der Waals surface area contributed by atoms with Crippen molar-refractivity contribution in [1.29, 1.82) is 0 Å². The van der Waals surface area contributed by atoms with Crippen molar-refractivity contribution in [2.24, 2.45) is 0 Å². The van der Waals surface area contributed by atoms with Gasteiger partial charge in [-0.25, -0.2) is 0 Å². The van der Waals surface area contributed by atoms with Crippen LogP contribution in [0.15, 0.2) is 0 Å². The molecule has 0 aromatic carbocycles. The predicted octanol–water partition coefficient (Wildman–Crippen LogP) is 2.64. The highest BCUT2D eigenvalue weighted by Crippen LogP contribution is 2.32. The van der Waals surface area contributed by atoms with E-state index in [0.29, 0.717) is 5.78 Å². The first kappa shape index (κ1) is 9.11. The highest BCUT2D eigenvalue weighted by atomic mass is 32.2. The molecule has 0 N–H and O–H groups in total. The molecular weight excluding hydrogens is 156 g/mol. The molecule has 0 unspecified atom stereocenters. The number of rotatable bonds is 3. The van der Waals surface area contributed by atoms with Crippen LogP contribution in [0.5, 0.6) is 0 Å². The summed E-state index contributed by atoms with van der Waals surface area (Å²) < 4.78 is 0. The molecule has 0 saturated heterocycles. The van der Waals surface area contributed by atoms with Gasteiger partial charge in [0.25, 0.3) is 0 Å². The third-order valence-electron chi connectivity index (χ3n) is 2.27. The van der Waals surface area contributed by atoms with Gasteiger partial charge in [-0.2, -0.15) is 0 Å². The van der Waals surface area contributed by atoms with Gasteiger partial charge in [0.2, 0.25) is 0 Å². The topological polar surface area (TPSA) is 17.1 Å². The van der Waals surface area contributed by atoms with Crippen LogP contribution in [-0.4, -0.2) is 16.3 Å². The molecule has 0 spiro atoms. The molecule has 0 bridgehead atoms. The second kappa shape index (κ2) is 4.15. The highest BCUT2D eigenvalue weighted by Gasteiger charge is 2.19. The fourth-order valence-electron chi connectivity index (χ4n) is 1.41. The Kier molecular flexibility index (Phi) is 3.44. The molecule has 0 radical (unpaired) electrons. The molecule has 1 rings (SSSR count). The summed E-state index contributed by atoms with van der Waals surface area (Å²) in [6.45, 7) is 3.71. The number of carbonyl (C=O) groups is 1. The van der Waals surface area contributed by atoms with Crippen molar-refractivity contribution in [3.05, 3.63) is 0 Å². The molecule has 0 aromatic rings. The van der Waals surface area contributed by atoms with Crippen molar-refractivity contribution < 1.29 is 4.79 Å². The monoisotopic (exact) mass is 172 g/mol. The van der Waals surface area contributed by atoms with Gasteiger partial charge in [0.1, 0.15) is 5.78 Å². The zero-order chi connectivity index (χ0) is 8.27. The van der Waals surface area contributed by atoms with Crippen molar-refractivity contribution in [3.8, 4) is 0 Å². The van der Waals surface area contributed by atoms with E-state index in [4.69, 9.17) is 0 Å². The zero-order valence-electron chi connectivity index (χ0n) is 7.30. The van der Waals surface area contributed by atoms with Gasteiger partial charge in [-0.05, 0) is 26.7 Å². The van der Waals surface area contributed by atoms with Crippen LogP contribution >= 0.6 is 11.8 Å². The molecule has 1 aliphatic rings. The van der Waals surface area contributed by atoms with Crippen LogP contribution in [0.4, 0.5) is 0 Å². The van der Waals surface area contributed by atoms with Crippen LogP contribution in [0.25, 0.3) is 0 Å². The van der Waals surface area contributed by atoms with Gasteiger partial charge in [0.05, 0.1) is 5.25 Å². The molecule has 1 nitrogen and oxygen atoms in total. The maximum atomic E-state index is 10.9. The van der Waals surface area contributed by atoms with E-state index in [-0.39, 0.29) is 5.25 Å². The summed E-state index contributed by atoms with van der Waals surface area (Å²) in [7, 11) is 0. The number of thioether (sulfide) groups is 1. The third-order valence-corrected chi connectivity index (χ3v) is 3.87. The van der Waals surface area contributed by atoms with E-state index in [1.54, 1.807) is 6.92 Å². The second-order valence-electron chi connectivity index (χ2n) is 3.30. The molecule has 0 aliphatic heterocycles. The lowest BCUT2D eigenvalue weighted by molar-refractivity contribution is -0.116. The van der Waals surface area contributed by atoms with E-state index >= 15 is 0 Å². The van der Waals surface area contributed by atoms with Crippen LogP contribution in [-0.2, 0) is 4.79 Å². The first-order chi connectivity index (χ1) is 5.20. The minimum Gasteiger partial charge on any atom is -0.299 e. The number of Topliss-reactive ketones (excluding diaryl/α,β-unsaturated/α-hetero) is 1. The highest BCUT2D eigenvalue weighted by molar-refractivity contribution is 8.01. The quantitative estimate of drug-likeness (QED) is 0.651. The standard InChI is InChI=1S/C9H16OS/c1-7(10)8(2)11-9-5-3-4-6-9/h8-9H,3-6H2,1-2H3/t8-/m0/s1. The SMILES string of the molecule is CC(=O)[C@H](C)SC1CCCC1. The molecule has 0 aromatic heterocycles. The molecule has 0 heterocycles. The van der Waals surface area contributed by atoms with Gasteiger partial charge in [-0.15, -0.1) is 11.8 Å². The summed E-state index contributed by atoms with van der Waals surface area (Å²) in [4.78, 5) is 10.9. The lowest BCUT2D eigenvalue weighted by atomic mass is 10.3. The summed E-state index contributed by atoms with van der Waals surface area (Å²) in [6.07, 6.45) is 5.37. The van der Waals surface area contributed by atoms with E-state index in [0.717, 1.165) is 5.25 Å². The summed E-state index contributed by atoms with van der Waals surface area (Å²) in [5.41, 5.74) is 0. The Morgan fingerprint density at radius 1 is 1.45 bits per heavy atom. The average Bonchev–Trinajstić information content (AvgIpc) is 2.39. The fourth-order valence-corrected chi connectivity index (χ4v) is 2.78. The molecule has 1 saturated carbocycles. The summed E-state index contributed by atoms with van der Waals surface area (Å²) in [5.74, 6) is 0.321. The summed E-state index contributed by atoms with van der Waals surface area (Å²) in [6, 6.07) is 0. The first-order valence-corrected chi connectivity index (χ1v) is 5.30. The van der Waals surface area contributed by atoms with Crippen LogP contribution in [0.1, 0.15) is 39.5 Å². The van der Waals surface area contributed by atoms with Crippen molar-refractivity contribution in [2.45, 2.75) is 50.0 Å². The van der Waals surface area contributed by atoms with E-state index in [2.05, 4.69) is 0 Å². The average molecular weight is 172 g/mol. The Morgan fingerprint density at radius 3 is 2.45 bits per heavy atom. The fraction of sp³-hybridized carbons (Fsp3) is 0.889. The number of ketones is 1. The minimum absolute atomic E-state index is 0.220. The summed E-state index contributed by atoms with van der Waals surface area (Å²) in [5, 5.41) is 0.993. The maximum Gasteiger partial charge on any atom is 0.142 e. The predicted molar refractivity (Wildman–Crippen MR) is 50.0 cm³/mol. The lowest BCUT2D eigenvalue weighted by Crippen LogP contribution is -2.12. The Hall–Kier alpha value is 0.0200. The summed E-state index contributed by atoms with van der Waals surface area (Å²) >= 11 is 1.87. The molecule has 64 valence electrons. The maximum absolute atomic E-state index is 10.9. The molecule has 1 atom stereocenters. The number of hydrogen-bond donors (Lipinski definition) is 0. The van der Waals surface area contributed by atoms with E-state index in [1.165, 1.54) is 25.7 Å². The third kappa shape index (κ3) is 2.86. The van der Waals surface area contributed by atoms with Crippen molar-refractivity contribution in [3.63, 3.8) is 0 Å². The van der Waals surface area contributed by atoms with Gasteiger partial charge in [-0.3, -0.25) is 4.79 Å². The second-order valence-corrected chi connectivity index (χ2v) is 4.94. The Balaban J connectivity index is 2.23. The normalized spacial score (nSPS) is 22.0. The van der Waals surface area contributed by atoms with Crippen LogP contribution in [0.3, 0.4) is 0 Å². The van der Waals surface area contributed by atoms with Gasteiger partial charge in [0.15, 0.2) is 0 Å².